The molecule has 6 nitrogen and oxygen atoms in total. The maximum Gasteiger partial charge on any atom is 0.289 e. The molecule has 0 bridgehead atoms. The zero-order valence-electron chi connectivity index (χ0n) is 14.5. The third-order valence-corrected chi connectivity index (χ3v) is 4.54. The molecule has 0 spiro atoms. The van der Waals surface area contributed by atoms with Crippen LogP contribution in [-0.2, 0) is 4.79 Å². The molecule has 1 aromatic carbocycles. The lowest BCUT2D eigenvalue weighted by Crippen LogP contribution is -2.50. The highest BCUT2D eigenvalue weighted by Gasteiger charge is 2.26. The molecule has 138 valence electrons. The molecule has 0 saturated carbocycles. The number of rotatable bonds is 5. The van der Waals surface area contributed by atoms with Gasteiger partial charge >= 0.3 is 0 Å². The smallest absolute Gasteiger partial charge is 0.289 e. The van der Waals surface area contributed by atoms with Crippen LogP contribution in [-0.4, -0.2) is 42.5 Å². The lowest BCUT2D eigenvalue weighted by molar-refractivity contribution is -0.124. The zero-order valence-corrected chi connectivity index (χ0v) is 15.3. The Hall–Kier alpha value is -2.47. The van der Waals surface area contributed by atoms with Gasteiger partial charge < -0.3 is 19.4 Å². The molecule has 1 aromatic heterocycles. The van der Waals surface area contributed by atoms with Crippen molar-refractivity contribution in [2.24, 2.45) is 0 Å². The average molecular weight is 377 g/mol. The molecular weight excluding hydrogens is 356 g/mol. The monoisotopic (exact) mass is 376 g/mol. The Kier molecular flexibility index (Phi) is 5.83. The van der Waals surface area contributed by atoms with Gasteiger partial charge in [-0.1, -0.05) is 11.6 Å². The molecule has 1 saturated heterocycles. The van der Waals surface area contributed by atoms with Gasteiger partial charge in [-0.05, 0) is 55.7 Å². The maximum absolute atomic E-state index is 12.4. The van der Waals surface area contributed by atoms with E-state index in [-0.39, 0.29) is 24.5 Å². The van der Waals surface area contributed by atoms with Crippen molar-refractivity contribution in [3.8, 4) is 5.75 Å². The van der Waals surface area contributed by atoms with Crippen molar-refractivity contribution in [1.82, 2.24) is 10.2 Å². The quantitative estimate of drug-likeness (QED) is 0.870. The molecule has 0 radical (unpaired) electrons. The Morgan fingerprint density at radius 3 is 2.96 bits per heavy atom. The normalized spacial score (nSPS) is 17.0. The number of nitrogens with one attached hydrogen (secondary N) is 1. The molecule has 2 amide bonds. The summed E-state index contributed by atoms with van der Waals surface area (Å²) in [6, 6.07) is 8.49. The van der Waals surface area contributed by atoms with E-state index >= 15 is 0 Å². The minimum Gasteiger partial charge on any atom is -0.484 e. The topological polar surface area (TPSA) is 71.8 Å². The van der Waals surface area contributed by atoms with Gasteiger partial charge in [-0.2, -0.15) is 0 Å². The van der Waals surface area contributed by atoms with Crippen LogP contribution in [0, 0.1) is 6.92 Å². The second-order valence-corrected chi connectivity index (χ2v) is 6.77. The van der Waals surface area contributed by atoms with Crippen LogP contribution in [0.15, 0.2) is 41.0 Å². The Balaban J connectivity index is 1.50. The minimum atomic E-state index is -0.211. The van der Waals surface area contributed by atoms with E-state index < -0.39 is 0 Å². The predicted octanol–water partition coefficient (Wildman–Crippen LogP) is 3.04. The van der Waals surface area contributed by atoms with Crippen LogP contribution >= 0.6 is 11.6 Å². The fraction of sp³-hybridized carbons (Fsp3) is 0.368. The van der Waals surface area contributed by atoms with Gasteiger partial charge in [0.2, 0.25) is 0 Å². The van der Waals surface area contributed by atoms with Crippen molar-refractivity contribution >= 4 is 23.4 Å². The van der Waals surface area contributed by atoms with Gasteiger partial charge in [-0.3, -0.25) is 9.59 Å². The van der Waals surface area contributed by atoms with Crippen LogP contribution in [0.4, 0.5) is 0 Å². The Morgan fingerprint density at radius 1 is 1.38 bits per heavy atom. The third kappa shape index (κ3) is 4.58. The highest BCUT2D eigenvalue weighted by Crippen LogP contribution is 2.21. The molecule has 1 fully saturated rings. The number of hydrogen-bond acceptors (Lipinski definition) is 4. The van der Waals surface area contributed by atoms with E-state index in [1.807, 2.05) is 6.92 Å². The van der Waals surface area contributed by atoms with E-state index in [1.165, 1.54) is 6.26 Å². The summed E-state index contributed by atoms with van der Waals surface area (Å²) < 4.78 is 10.7. The fourth-order valence-electron chi connectivity index (χ4n) is 3.02. The highest BCUT2D eigenvalue weighted by molar-refractivity contribution is 6.30. The van der Waals surface area contributed by atoms with Crippen LogP contribution in [0.25, 0.3) is 0 Å². The van der Waals surface area contributed by atoms with Crippen LogP contribution in [0.5, 0.6) is 5.75 Å². The number of aryl methyl sites for hydroxylation is 1. The van der Waals surface area contributed by atoms with Crippen molar-refractivity contribution in [2.75, 3.05) is 19.7 Å². The summed E-state index contributed by atoms with van der Waals surface area (Å²) in [5.41, 5.74) is 0.873. The summed E-state index contributed by atoms with van der Waals surface area (Å²) >= 11 is 5.91. The minimum absolute atomic E-state index is 0.0783. The van der Waals surface area contributed by atoms with Crippen LogP contribution in [0.1, 0.15) is 29.0 Å². The van der Waals surface area contributed by atoms with Crippen molar-refractivity contribution in [3.05, 3.63) is 52.9 Å². The van der Waals surface area contributed by atoms with Crippen LogP contribution in [0.3, 0.4) is 0 Å². The lowest BCUT2D eigenvalue weighted by Gasteiger charge is -2.32. The van der Waals surface area contributed by atoms with E-state index in [9.17, 15) is 9.59 Å². The number of amides is 2. The fourth-order valence-corrected chi connectivity index (χ4v) is 3.25. The standard InChI is InChI=1S/C19H21ClN2O4/c1-13-10-14(20)6-7-16(13)26-12-18(23)21-15-4-2-8-22(11-15)19(24)17-5-3-9-25-17/h3,5-7,9-10,15H,2,4,8,11-12H2,1H3,(H,21,23). The molecule has 3 rings (SSSR count). The van der Waals surface area contributed by atoms with Gasteiger partial charge in [0.1, 0.15) is 5.75 Å². The van der Waals surface area contributed by atoms with Gasteiger partial charge in [-0.15, -0.1) is 0 Å². The molecule has 1 atom stereocenters. The number of carbonyl (C=O) groups is 2. The summed E-state index contributed by atoms with van der Waals surface area (Å²) in [5.74, 6) is 0.583. The summed E-state index contributed by atoms with van der Waals surface area (Å²) in [4.78, 5) is 26.2. The van der Waals surface area contributed by atoms with E-state index in [4.69, 9.17) is 20.8 Å². The number of likely N-dealkylation sites (tertiary alicyclic amines) is 1. The first-order chi connectivity index (χ1) is 12.5. The number of piperidine rings is 1. The van der Waals surface area contributed by atoms with Crippen LogP contribution < -0.4 is 10.1 Å². The molecule has 1 N–H and O–H groups in total. The Bertz CT molecular complexity index is 776. The molecule has 1 unspecified atom stereocenters. The molecule has 1 aliphatic heterocycles. The Morgan fingerprint density at radius 2 is 2.23 bits per heavy atom. The SMILES string of the molecule is Cc1cc(Cl)ccc1OCC(=O)NC1CCCN(C(=O)c2ccco2)C1. The van der Waals surface area contributed by atoms with Crippen molar-refractivity contribution < 1.29 is 18.7 Å². The van der Waals surface area contributed by atoms with Gasteiger partial charge in [-0.25, -0.2) is 0 Å². The predicted molar refractivity (Wildman–Crippen MR) is 97.5 cm³/mol. The first-order valence-corrected chi connectivity index (χ1v) is 8.92. The molecule has 1 aliphatic rings. The van der Waals surface area contributed by atoms with Crippen molar-refractivity contribution in [1.29, 1.82) is 0 Å². The molecular formula is C19H21ClN2O4. The third-order valence-electron chi connectivity index (χ3n) is 4.30. The number of nitrogens with zero attached hydrogens (tertiary/aromatic N) is 1. The second kappa shape index (κ2) is 8.27. The summed E-state index contributed by atoms with van der Waals surface area (Å²) in [6.07, 6.45) is 3.13. The number of furan rings is 1. The van der Waals surface area contributed by atoms with Gasteiger partial charge in [0.15, 0.2) is 12.4 Å². The van der Waals surface area contributed by atoms with Crippen molar-refractivity contribution in [2.45, 2.75) is 25.8 Å². The first kappa shape index (κ1) is 18.3. The maximum atomic E-state index is 12.4. The highest BCUT2D eigenvalue weighted by atomic mass is 35.5. The summed E-state index contributed by atoms with van der Waals surface area (Å²) in [5, 5.41) is 3.56. The first-order valence-electron chi connectivity index (χ1n) is 8.54. The lowest BCUT2D eigenvalue weighted by atomic mass is 10.1. The number of hydrogen-bond donors (Lipinski definition) is 1. The van der Waals surface area contributed by atoms with E-state index in [1.54, 1.807) is 35.2 Å². The summed E-state index contributed by atoms with van der Waals surface area (Å²) in [6.45, 7) is 2.92. The summed E-state index contributed by atoms with van der Waals surface area (Å²) in [7, 11) is 0. The second-order valence-electron chi connectivity index (χ2n) is 6.33. The number of carbonyl (C=O) groups excluding carboxylic acids is 2. The average Bonchev–Trinajstić information content (AvgIpc) is 3.15. The molecule has 0 aliphatic carbocycles. The van der Waals surface area contributed by atoms with E-state index in [0.29, 0.717) is 29.6 Å². The number of halogens is 1. The van der Waals surface area contributed by atoms with Crippen LogP contribution in [0.2, 0.25) is 5.02 Å². The molecule has 2 heterocycles. The molecule has 2 aromatic rings. The zero-order chi connectivity index (χ0) is 18.5. The van der Waals surface area contributed by atoms with Gasteiger partial charge in [0.05, 0.1) is 6.26 Å². The van der Waals surface area contributed by atoms with E-state index in [0.717, 1.165) is 18.4 Å². The largest absolute Gasteiger partial charge is 0.484 e. The van der Waals surface area contributed by atoms with Crippen molar-refractivity contribution in [3.63, 3.8) is 0 Å². The molecule has 7 heteroatoms. The van der Waals surface area contributed by atoms with Gasteiger partial charge in [0.25, 0.3) is 11.8 Å². The number of ether oxygens (including phenoxy) is 1. The Labute approximate surface area is 157 Å². The number of benzene rings is 1. The molecule has 26 heavy (non-hydrogen) atoms. The van der Waals surface area contributed by atoms with E-state index in [2.05, 4.69) is 5.32 Å². The van der Waals surface area contributed by atoms with Gasteiger partial charge in [0, 0.05) is 24.2 Å².